The molecule has 6 heteroatoms. The molecule has 21 heavy (non-hydrogen) atoms. The molecule has 0 amide bonds. The predicted molar refractivity (Wildman–Crippen MR) is 83.1 cm³/mol. The minimum atomic E-state index is -0.285. The first-order valence-electron chi connectivity index (χ1n) is 6.49. The summed E-state index contributed by atoms with van der Waals surface area (Å²) in [6, 6.07) is 10.7. The van der Waals surface area contributed by atoms with Crippen LogP contribution in [0.1, 0.15) is 17.2 Å². The highest BCUT2D eigenvalue weighted by Crippen LogP contribution is 2.36. The van der Waals surface area contributed by atoms with Crippen LogP contribution in [0.4, 0.5) is 0 Å². The molecule has 0 saturated carbocycles. The van der Waals surface area contributed by atoms with Gasteiger partial charge >= 0.3 is 0 Å². The zero-order chi connectivity index (χ0) is 14.8. The van der Waals surface area contributed by atoms with E-state index in [-0.39, 0.29) is 6.04 Å². The molecule has 0 fully saturated rings. The molecule has 0 aromatic heterocycles. The van der Waals surface area contributed by atoms with Gasteiger partial charge in [0, 0.05) is 10.0 Å². The Balaban J connectivity index is 2.01. The summed E-state index contributed by atoms with van der Waals surface area (Å²) in [4.78, 5) is 0. The molecule has 0 bridgehead atoms. The number of hydrogen-bond donors (Lipinski definition) is 2. The molecular weight excluding hydrogens is 311 g/mol. The van der Waals surface area contributed by atoms with Crippen molar-refractivity contribution in [3.05, 3.63) is 57.6 Å². The van der Waals surface area contributed by atoms with E-state index < -0.39 is 0 Å². The number of nitrogens with one attached hydrogen (secondary N) is 1. The number of ether oxygens (including phenoxy) is 2. The second kappa shape index (κ2) is 6.12. The van der Waals surface area contributed by atoms with Crippen molar-refractivity contribution in [1.29, 1.82) is 0 Å². The molecule has 2 aromatic rings. The van der Waals surface area contributed by atoms with Crippen LogP contribution >= 0.6 is 23.2 Å². The number of halogens is 2. The number of rotatable bonds is 3. The summed E-state index contributed by atoms with van der Waals surface area (Å²) >= 11 is 12.3. The Morgan fingerprint density at radius 3 is 2.52 bits per heavy atom. The van der Waals surface area contributed by atoms with Crippen LogP contribution in [0.3, 0.4) is 0 Å². The molecule has 1 unspecified atom stereocenters. The third-order valence-electron chi connectivity index (χ3n) is 3.34. The lowest BCUT2D eigenvalue weighted by atomic mass is 9.98. The Morgan fingerprint density at radius 1 is 1.00 bits per heavy atom. The lowest BCUT2D eigenvalue weighted by Gasteiger charge is -2.22. The topological polar surface area (TPSA) is 56.5 Å². The van der Waals surface area contributed by atoms with Gasteiger partial charge in [-0.05, 0) is 41.5 Å². The minimum Gasteiger partial charge on any atom is -0.486 e. The largest absolute Gasteiger partial charge is 0.486 e. The van der Waals surface area contributed by atoms with Crippen molar-refractivity contribution in [1.82, 2.24) is 5.43 Å². The van der Waals surface area contributed by atoms with Crippen LogP contribution in [0.15, 0.2) is 36.4 Å². The summed E-state index contributed by atoms with van der Waals surface area (Å²) < 4.78 is 11.1. The monoisotopic (exact) mass is 324 g/mol. The Kier molecular flexibility index (Phi) is 4.22. The third kappa shape index (κ3) is 2.94. The number of nitrogens with two attached hydrogens (primary N) is 1. The van der Waals surface area contributed by atoms with E-state index in [4.69, 9.17) is 38.5 Å². The zero-order valence-electron chi connectivity index (χ0n) is 11.1. The van der Waals surface area contributed by atoms with E-state index in [2.05, 4.69) is 5.43 Å². The molecule has 0 spiro atoms. The normalized spacial score (nSPS) is 14.8. The molecular formula is C15H14Cl2N2O2. The predicted octanol–water partition coefficient (Wildman–Crippen LogP) is 3.32. The van der Waals surface area contributed by atoms with E-state index in [1.54, 1.807) is 18.2 Å². The van der Waals surface area contributed by atoms with E-state index in [0.717, 1.165) is 16.9 Å². The fourth-order valence-electron chi connectivity index (χ4n) is 2.34. The van der Waals surface area contributed by atoms with Crippen molar-refractivity contribution in [2.75, 3.05) is 13.2 Å². The van der Waals surface area contributed by atoms with E-state index in [9.17, 15) is 0 Å². The Hall–Kier alpha value is -1.46. The molecule has 3 N–H and O–H groups in total. The molecule has 1 atom stereocenters. The van der Waals surface area contributed by atoms with Crippen LogP contribution in [0.2, 0.25) is 10.0 Å². The van der Waals surface area contributed by atoms with Gasteiger partial charge in [-0.2, -0.15) is 0 Å². The minimum absolute atomic E-state index is 0.285. The number of hydrogen-bond acceptors (Lipinski definition) is 4. The van der Waals surface area contributed by atoms with Gasteiger partial charge < -0.3 is 9.47 Å². The first-order valence-corrected chi connectivity index (χ1v) is 7.25. The number of hydrazine groups is 1. The summed E-state index contributed by atoms with van der Waals surface area (Å²) in [6.07, 6.45) is 0. The van der Waals surface area contributed by atoms with Gasteiger partial charge in [-0.1, -0.05) is 29.3 Å². The fourth-order valence-corrected chi connectivity index (χ4v) is 2.75. The lowest BCUT2D eigenvalue weighted by Crippen LogP contribution is -2.29. The fraction of sp³-hybridized carbons (Fsp3) is 0.200. The molecule has 0 radical (unpaired) electrons. The van der Waals surface area contributed by atoms with Crippen molar-refractivity contribution in [3.63, 3.8) is 0 Å². The Labute approximate surface area is 132 Å². The maximum absolute atomic E-state index is 6.25. The molecule has 3 rings (SSSR count). The van der Waals surface area contributed by atoms with E-state index in [0.29, 0.717) is 29.0 Å². The van der Waals surface area contributed by atoms with E-state index in [1.807, 2.05) is 18.2 Å². The summed E-state index contributed by atoms with van der Waals surface area (Å²) in [7, 11) is 0. The van der Waals surface area contributed by atoms with Crippen LogP contribution in [0.5, 0.6) is 11.5 Å². The van der Waals surface area contributed by atoms with Gasteiger partial charge in [-0.15, -0.1) is 0 Å². The molecule has 2 aromatic carbocycles. The SMILES string of the molecule is NNC(c1ccc2c(c1)OCCO2)c1cc(Cl)ccc1Cl. The van der Waals surface area contributed by atoms with Crippen LogP contribution in [-0.2, 0) is 0 Å². The van der Waals surface area contributed by atoms with Crippen LogP contribution in [0, 0.1) is 0 Å². The third-order valence-corrected chi connectivity index (χ3v) is 3.91. The van der Waals surface area contributed by atoms with Crippen LogP contribution in [-0.4, -0.2) is 13.2 Å². The van der Waals surface area contributed by atoms with Gasteiger partial charge in [0.15, 0.2) is 11.5 Å². The molecule has 0 saturated heterocycles. The molecule has 0 aliphatic carbocycles. The van der Waals surface area contributed by atoms with Gasteiger partial charge in [0.25, 0.3) is 0 Å². The first kappa shape index (κ1) is 14.5. The Bertz CT molecular complexity index is 664. The summed E-state index contributed by atoms with van der Waals surface area (Å²) in [6.45, 7) is 1.10. The first-order chi connectivity index (χ1) is 10.2. The second-order valence-electron chi connectivity index (χ2n) is 4.67. The summed E-state index contributed by atoms with van der Waals surface area (Å²) in [5, 5.41) is 1.20. The molecule has 110 valence electrons. The quantitative estimate of drug-likeness (QED) is 0.671. The van der Waals surface area contributed by atoms with Crippen LogP contribution in [0.25, 0.3) is 0 Å². The molecule has 1 heterocycles. The molecule has 1 aliphatic rings. The highest BCUT2D eigenvalue weighted by atomic mass is 35.5. The van der Waals surface area contributed by atoms with Gasteiger partial charge in [-0.25, -0.2) is 5.43 Å². The maximum Gasteiger partial charge on any atom is 0.161 e. The van der Waals surface area contributed by atoms with Crippen LogP contribution < -0.4 is 20.7 Å². The number of fused-ring (bicyclic) bond motifs is 1. The van der Waals surface area contributed by atoms with Gasteiger partial charge in [-0.3, -0.25) is 5.84 Å². The van der Waals surface area contributed by atoms with E-state index in [1.165, 1.54) is 0 Å². The van der Waals surface area contributed by atoms with Crippen molar-refractivity contribution < 1.29 is 9.47 Å². The lowest BCUT2D eigenvalue weighted by molar-refractivity contribution is 0.171. The Morgan fingerprint density at radius 2 is 1.76 bits per heavy atom. The average Bonchev–Trinajstić information content (AvgIpc) is 2.51. The smallest absolute Gasteiger partial charge is 0.161 e. The highest BCUT2D eigenvalue weighted by Gasteiger charge is 2.19. The molecule has 1 aliphatic heterocycles. The highest BCUT2D eigenvalue weighted by molar-refractivity contribution is 6.33. The molecule has 4 nitrogen and oxygen atoms in total. The van der Waals surface area contributed by atoms with Gasteiger partial charge in [0.05, 0.1) is 6.04 Å². The van der Waals surface area contributed by atoms with Gasteiger partial charge in [0.2, 0.25) is 0 Å². The standard InChI is InChI=1S/C15H14Cl2N2O2/c16-10-2-3-12(17)11(8-10)15(19-18)9-1-4-13-14(7-9)21-6-5-20-13/h1-4,7-8,15,19H,5-6,18H2. The van der Waals surface area contributed by atoms with Crippen molar-refractivity contribution in [3.8, 4) is 11.5 Å². The van der Waals surface area contributed by atoms with Gasteiger partial charge in [0.1, 0.15) is 13.2 Å². The zero-order valence-corrected chi connectivity index (χ0v) is 12.6. The maximum atomic E-state index is 6.25. The van der Waals surface area contributed by atoms with E-state index >= 15 is 0 Å². The van der Waals surface area contributed by atoms with Crippen molar-refractivity contribution in [2.45, 2.75) is 6.04 Å². The summed E-state index contributed by atoms with van der Waals surface area (Å²) in [5.74, 6) is 7.15. The number of benzene rings is 2. The second-order valence-corrected chi connectivity index (χ2v) is 5.51. The summed E-state index contributed by atoms with van der Waals surface area (Å²) in [5.41, 5.74) is 4.50. The average molecular weight is 325 g/mol. The van der Waals surface area contributed by atoms with Crippen molar-refractivity contribution >= 4 is 23.2 Å². The van der Waals surface area contributed by atoms with Crippen molar-refractivity contribution in [2.24, 2.45) is 5.84 Å².